The molecule has 6 nitrogen and oxygen atoms in total. The molecular formula is C20H17N5O. The SMILES string of the molecule is Cc1nc(-c2ccncc2)nc(Oc2ccc(-n3cccn3)cc2)c1C. The molecule has 0 aliphatic rings. The van der Waals surface area contributed by atoms with Crippen LogP contribution in [0.5, 0.6) is 11.6 Å². The van der Waals surface area contributed by atoms with E-state index in [9.17, 15) is 0 Å². The number of nitrogens with zero attached hydrogens (tertiary/aromatic N) is 5. The molecule has 6 heteroatoms. The zero-order valence-electron chi connectivity index (χ0n) is 14.5. The largest absolute Gasteiger partial charge is 0.439 e. The number of aromatic nitrogens is 5. The second kappa shape index (κ2) is 6.76. The summed E-state index contributed by atoms with van der Waals surface area (Å²) in [5, 5.41) is 4.22. The molecule has 0 N–H and O–H groups in total. The molecular weight excluding hydrogens is 326 g/mol. The fourth-order valence-electron chi connectivity index (χ4n) is 2.53. The zero-order valence-corrected chi connectivity index (χ0v) is 14.5. The smallest absolute Gasteiger partial charge is 0.226 e. The molecule has 0 spiro atoms. The van der Waals surface area contributed by atoms with Gasteiger partial charge in [0.25, 0.3) is 0 Å². The molecule has 0 fully saturated rings. The first-order valence-corrected chi connectivity index (χ1v) is 8.24. The van der Waals surface area contributed by atoms with Crippen LogP contribution in [0.15, 0.2) is 67.3 Å². The lowest BCUT2D eigenvalue weighted by Crippen LogP contribution is -2.00. The van der Waals surface area contributed by atoms with Crippen molar-refractivity contribution in [2.45, 2.75) is 13.8 Å². The molecule has 26 heavy (non-hydrogen) atoms. The third-order valence-electron chi connectivity index (χ3n) is 4.10. The lowest BCUT2D eigenvalue weighted by molar-refractivity contribution is 0.457. The van der Waals surface area contributed by atoms with Crippen molar-refractivity contribution in [3.63, 3.8) is 0 Å². The van der Waals surface area contributed by atoms with Crippen LogP contribution in [0.3, 0.4) is 0 Å². The summed E-state index contributed by atoms with van der Waals surface area (Å²) in [4.78, 5) is 13.2. The van der Waals surface area contributed by atoms with Crippen molar-refractivity contribution >= 4 is 0 Å². The minimum atomic E-state index is 0.552. The Bertz CT molecular complexity index is 1010. The molecule has 0 unspecified atom stereocenters. The summed E-state index contributed by atoms with van der Waals surface area (Å²) >= 11 is 0. The molecule has 0 amide bonds. The van der Waals surface area contributed by atoms with Gasteiger partial charge in [-0.05, 0) is 56.3 Å². The molecule has 1 aromatic carbocycles. The van der Waals surface area contributed by atoms with Crippen molar-refractivity contribution < 1.29 is 4.74 Å². The van der Waals surface area contributed by atoms with Crippen LogP contribution < -0.4 is 4.74 Å². The highest BCUT2D eigenvalue weighted by Crippen LogP contribution is 2.27. The van der Waals surface area contributed by atoms with Crippen molar-refractivity contribution in [2.75, 3.05) is 0 Å². The van der Waals surface area contributed by atoms with Crippen molar-refractivity contribution in [2.24, 2.45) is 0 Å². The molecule has 4 aromatic rings. The number of hydrogen-bond donors (Lipinski definition) is 0. The molecule has 4 rings (SSSR count). The first-order chi connectivity index (χ1) is 12.7. The number of aryl methyl sites for hydroxylation is 1. The highest BCUT2D eigenvalue weighted by atomic mass is 16.5. The number of ether oxygens (including phenoxy) is 1. The average Bonchev–Trinajstić information content (AvgIpc) is 3.21. The Balaban J connectivity index is 1.64. The quantitative estimate of drug-likeness (QED) is 0.557. The van der Waals surface area contributed by atoms with Crippen molar-refractivity contribution in [3.8, 4) is 28.7 Å². The van der Waals surface area contributed by atoms with Crippen LogP contribution in [0.4, 0.5) is 0 Å². The molecule has 3 heterocycles. The van der Waals surface area contributed by atoms with Gasteiger partial charge in [-0.25, -0.2) is 9.67 Å². The summed E-state index contributed by atoms with van der Waals surface area (Å²) in [6, 6.07) is 13.4. The maximum atomic E-state index is 6.03. The molecule has 0 bridgehead atoms. The van der Waals surface area contributed by atoms with E-state index in [0.29, 0.717) is 17.5 Å². The fraction of sp³-hybridized carbons (Fsp3) is 0.100. The maximum absolute atomic E-state index is 6.03. The van der Waals surface area contributed by atoms with E-state index in [0.717, 1.165) is 22.5 Å². The standard InChI is InChI=1S/C20H17N5O/c1-14-15(2)23-19(16-8-11-21-12-9-16)24-20(14)26-18-6-4-17(5-7-18)25-13-3-10-22-25/h3-13H,1-2H3. The van der Waals surface area contributed by atoms with Gasteiger partial charge >= 0.3 is 0 Å². The van der Waals surface area contributed by atoms with E-state index in [4.69, 9.17) is 4.74 Å². The minimum absolute atomic E-state index is 0.552. The van der Waals surface area contributed by atoms with Gasteiger partial charge < -0.3 is 4.74 Å². The first kappa shape index (κ1) is 16.0. The Morgan fingerprint density at radius 3 is 2.35 bits per heavy atom. The lowest BCUT2D eigenvalue weighted by atomic mass is 10.2. The third kappa shape index (κ3) is 3.17. The predicted octanol–water partition coefficient (Wildman–Crippen LogP) is 4.13. The number of rotatable bonds is 4. The Kier molecular flexibility index (Phi) is 4.15. The van der Waals surface area contributed by atoms with Gasteiger partial charge in [0.2, 0.25) is 5.88 Å². The summed E-state index contributed by atoms with van der Waals surface area (Å²) < 4.78 is 7.83. The van der Waals surface area contributed by atoms with Crippen LogP contribution in [0.25, 0.3) is 17.1 Å². The Morgan fingerprint density at radius 2 is 1.65 bits per heavy atom. The van der Waals surface area contributed by atoms with E-state index >= 15 is 0 Å². The number of benzene rings is 1. The van der Waals surface area contributed by atoms with Crippen LogP contribution in [0.2, 0.25) is 0 Å². The van der Waals surface area contributed by atoms with Crippen LogP contribution in [0.1, 0.15) is 11.3 Å². The van der Waals surface area contributed by atoms with Crippen molar-refractivity contribution in [1.29, 1.82) is 0 Å². The first-order valence-electron chi connectivity index (χ1n) is 8.24. The van der Waals surface area contributed by atoms with Crippen molar-refractivity contribution in [1.82, 2.24) is 24.7 Å². The van der Waals surface area contributed by atoms with Gasteiger partial charge in [-0.3, -0.25) is 4.98 Å². The van der Waals surface area contributed by atoms with Crippen LogP contribution in [0, 0.1) is 13.8 Å². The maximum Gasteiger partial charge on any atom is 0.226 e. The van der Waals surface area contributed by atoms with E-state index in [2.05, 4.69) is 20.1 Å². The fourth-order valence-corrected chi connectivity index (χ4v) is 2.53. The van der Waals surface area contributed by atoms with Gasteiger partial charge in [0.05, 0.1) is 5.69 Å². The summed E-state index contributed by atoms with van der Waals surface area (Å²) in [5.74, 6) is 1.89. The molecule has 0 atom stereocenters. The van der Waals surface area contributed by atoms with E-state index in [1.165, 1.54) is 0 Å². The van der Waals surface area contributed by atoms with Gasteiger partial charge in [0, 0.05) is 41.6 Å². The van der Waals surface area contributed by atoms with E-state index < -0.39 is 0 Å². The highest BCUT2D eigenvalue weighted by molar-refractivity contribution is 5.55. The van der Waals surface area contributed by atoms with E-state index in [1.54, 1.807) is 23.3 Å². The Morgan fingerprint density at radius 1 is 0.885 bits per heavy atom. The lowest BCUT2D eigenvalue weighted by Gasteiger charge is -2.12. The molecule has 0 radical (unpaired) electrons. The Labute approximate surface area is 151 Å². The highest BCUT2D eigenvalue weighted by Gasteiger charge is 2.12. The Hall–Kier alpha value is -3.54. The molecule has 128 valence electrons. The van der Waals surface area contributed by atoms with Gasteiger partial charge in [0.15, 0.2) is 5.82 Å². The predicted molar refractivity (Wildman–Crippen MR) is 98.4 cm³/mol. The minimum Gasteiger partial charge on any atom is -0.439 e. The van der Waals surface area contributed by atoms with Gasteiger partial charge in [-0.1, -0.05) is 0 Å². The molecule has 0 aliphatic heterocycles. The average molecular weight is 343 g/mol. The summed E-state index contributed by atoms with van der Waals surface area (Å²) in [6.45, 7) is 3.91. The molecule has 3 aromatic heterocycles. The molecule has 0 saturated carbocycles. The van der Waals surface area contributed by atoms with Crippen LogP contribution in [-0.4, -0.2) is 24.7 Å². The topological polar surface area (TPSA) is 65.7 Å². The van der Waals surface area contributed by atoms with Gasteiger partial charge in [0.1, 0.15) is 5.75 Å². The molecule has 0 saturated heterocycles. The van der Waals surface area contributed by atoms with E-state index in [1.807, 2.05) is 62.5 Å². The molecule has 0 aliphatic carbocycles. The van der Waals surface area contributed by atoms with E-state index in [-0.39, 0.29) is 0 Å². The summed E-state index contributed by atoms with van der Waals surface area (Å²) in [6.07, 6.45) is 7.09. The monoisotopic (exact) mass is 343 g/mol. The van der Waals surface area contributed by atoms with Crippen molar-refractivity contribution in [3.05, 3.63) is 78.5 Å². The summed E-state index contributed by atoms with van der Waals surface area (Å²) in [5.41, 5.74) is 3.67. The summed E-state index contributed by atoms with van der Waals surface area (Å²) in [7, 11) is 0. The van der Waals surface area contributed by atoms with Crippen LogP contribution >= 0.6 is 0 Å². The third-order valence-corrected chi connectivity index (χ3v) is 4.10. The van der Waals surface area contributed by atoms with Gasteiger partial charge in [-0.2, -0.15) is 10.1 Å². The second-order valence-corrected chi connectivity index (χ2v) is 5.85. The number of pyridine rings is 1. The number of hydrogen-bond acceptors (Lipinski definition) is 5. The van der Waals surface area contributed by atoms with Gasteiger partial charge in [-0.15, -0.1) is 0 Å². The second-order valence-electron chi connectivity index (χ2n) is 5.85. The van der Waals surface area contributed by atoms with Crippen LogP contribution in [-0.2, 0) is 0 Å². The zero-order chi connectivity index (χ0) is 17.9. The normalized spacial score (nSPS) is 10.7.